The van der Waals surface area contributed by atoms with Crippen LogP contribution in [-0.2, 0) is 4.79 Å². The second kappa shape index (κ2) is 4.16. The Morgan fingerprint density at radius 3 is 2.71 bits per heavy atom. The topological polar surface area (TPSA) is 20.3 Å². The van der Waals surface area contributed by atoms with Gasteiger partial charge in [0.15, 0.2) is 0 Å². The van der Waals surface area contributed by atoms with Crippen molar-refractivity contribution in [1.29, 1.82) is 0 Å². The largest absolute Gasteiger partial charge is 0.320 e. The molecule has 1 aliphatic rings. The zero-order chi connectivity index (χ0) is 10.8. The summed E-state index contributed by atoms with van der Waals surface area (Å²) in [6, 6.07) is 0. The fourth-order valence-corrected chi connectivity index (χ4v) is 1.87. The monoisotopic (exact) mass is 195 g/mol. The summed E-state index contributed by atoms with van der Waals surface area (Å²) in [4.78, 5) is 13.5. The van der Waals surface area contributed by atoms with E-state index in [0.29, 0.717) is 6.42 Å². The van der Waals surface area contributed by atoms with Crippen LogP contribution in [0.4, 0.5) is 0 Å². The first kappa shape index (κ1) is 11.3. The molecule has 2 heteroatoms. The molecular formula is C12H21NO. The summed E-state index contributed by atoms with van der Waals surface area (Å²) in [6.07, 6.45) is 6.27. The Morgan fingerprint density at radius 1 is 1.50 bits per heavy atom. The zero-order valence-electron chi connectivity index (χ0n) is 9.76. The first-order valence-corrected chi connectivity index (χ1v) is 5.44. The van der Waals surface area contributed by atoms with Crippen molar-refractivity contribution in [1.82, 2.24) is 4.90 Å². The lowest BCUT2D eigenvalue weighted by molar-refractivity contribution is -0.130. The fourth-order valence-electron chi connectivity index (χ4n) is 1.87. The Labute approximate surface area is 87.0 Å². The first-order valence-electron chi connectivity index (χ1n) is 5.44. The van der Waals surface area contributed by atoms with Gasteiger partial charge >= 0.3 is 0 Å². The molecule has 0 aliphatic carbocycles. The van der Waals surface area contributed by atoms with Gasteiger partial charge in [0.25, 0.3) is 0 Å². The summed E-state index contributed by atoms with van der Waals surface area (Å²) >= 11 is 0. The van der Waals surface area contributed by atoms with Gasteiger partial charge < -0.3 is 4.90 Å². The molecule has 0 fully saturated rings. The maximum atomic E-state index is 11.7. The van der Waals surface area contributed by atoms with Gasteiger partial charge in [-0.15, -0.1) is 0 Å². The number of nitrogens with zero attached hydrogens (tertiary/aromatic N) is 1. The summed E-state index contributed by atoms with van der Waals surface area (Å²) in [5, 5.41) is 0. The molecule has 0 aromatic rings. The van der Waals surface area contributed by atoms with Crippen LogP contribution in [0.15, 0.2) is 11.8 Å². The van der Waals surface area contributed by atoms with Crippen molar-refractivity contribution in [3.05, 3.63) is 11.8 Å². The molecule has 1 amide bonds. The van der Waals surface area contributed by atoms with E-state index >= 15 is 0 Å². The Bertz CT molecular complexity index is 253. The molecular weight excluding hydrogens is 174 g/mol. The fraction of sp³-hybridized carbons (Fsp3) is 0.750. The second-order valence-corrected chi connectivity index (χ2v) is 4.86. The van der Waals surface area contributed by atoms with E-state index in [-0.39, 0.29) is 11.3 Å². The van der Waals surface area contributed by atoms with E-state index in [2.05, 4.69) is 26.8 Å². The highest BCUT2D eigenvalue weighted by atomic mass is 16.2. The average Bonchev–Trinajstić information content (AvgIpc) is 2.08. The van der Waals surface area contributed by atoms with E-state index in [0.717, 1.165) is 6.42 Å². The van der Waals surface area contributed by atoms with Crippen molar-refractivity contribution in [2.45, 2.75) is 46.5 Å². The molecule has 0 atom stereocenters. The lowest BCUT2D eigenvalue weighted by Crippen LogP contribution is -2.35. The van der Waals surface area contributed by atoms with Crippen LogP contribution in [0.2, 0.25) is 0 Å². The molecule has 0 unspecified atom stereocenters. The molecule has 0 saturated heterocycles. The molecule has 0 N–H and O–H groups in total. The molecule has 80 valence electrons. The van der Waals surface area contributed by atoms with Gasteiger partial charge in [-0.3, -0.25) is 4.79 Å². The van der Waals surface area contributed by atoms with Crippen LogP contribution in [0, 0.1) is 5.41 Å². The molecule has 0 aromatic carbocycles. The van der Waals surface area contributed by atoms with Crippen LogP contribution >= 0.6 is 0 Å². The lowest BCUT2D eigenvalue weighted by atomic mass is 9.84. The maximum Gasteiger partial charge on any atom is 0.227 e. The van der Waals surface area contributed by atoms with Gasteiger partial charge in [-0.2, -0.15) is 0 Å². The Kier molecular flexibility index (Phi) is 3.35. The normalized spacial score (nSPS) is 21.0. The number of amides is 1. The van der Waals surface area contributed by atoms with Crippen molar-refractivity contribution in [3.63, 3.8) is 0 Å². The maximum absolute atomic E-state index is 11.7. The predicted octanol–water partition coefficient (Wildman–Crippen LogP) is 2.95. The van der Waals surface area contributed by atoms with Crippen LogP contribution < -0.4 is 0 Å². The number of unbranched alkanes of at least 4 members (excludes halogenated alkanes) is 1. The highest BCUT2D eigenvalue weighted by Gasteiger charge is 2.29. The molecule has 0 saturated carbocycles. The molecule has 1 aliphatic heterocycles. The van der Waals surface area contributed by atoms with Crippen molar-refractivity contribution in [2.24, 2.45) is 5.41 Å². The smallest absolute Gasteiger partial charge is 0.227 e. The summed E-state index contributed by atoms with van der Waals surface area (Å²) in [6.45, 7) is 6.43. The number of allylic oxidation sites excluding steroid dienone is 2. The highest BCUT2D eigenvalue weighted by molar-refractivity contribution is 5.80. The van der Waals surface area contributed by atoms with E-state index in [1.165, 1.54) is 18.5 Å². The second-order valence-electron chi connectivity index (χ2n) is 4.86. The van der Waals surface area contributed by atoms with Crippen LogP contribution in [0.3, 0.4) is 0 Å². The number of rotatable bonds is 3. The van der Waals surface area contributed by atoms with Crippen LogP contribution in [-0.4, -0.2) is 17.9 Å². The number of carbonyl (C=O) groups excluding carboxylic acids is 1. The van der Waals surface area contributed by atoms with Gasteiger partial charge in [0.05, 0.1) is 0 Å². The number of hydrogen-bond acceptors (Lipinski definition) is 1. The Morgan fingerprint density at radius 2 is 2.14 bits per heavy atom. The number of carbonyl (C=O) groups is 1. The van der Waals surface area contributed by atoms with Gasteiger partial charge in [0.2, 0.25) is 5.91 Å². The number of hydrogen-bond donors (Lipinski definition) is 0. The minimum absolute atomic E-state index is 0.0483. The van der Waals surface area contributed by atoms with Gasteiger partial charge in [0.1, 0.15) is 0 Å². The van der Waals surface area contributed by atoms with Gasteiger partial charge in [-0.05, 0) is 18.3 Å². The van der Waals surface area contributed by atoms with E-state index in [4.69, 9.17) is 0 Å². The van der Waals surface area contributed by atoms with E-state index in [9.17, 15) is 4.79 Å². The molecule has 1 rings (SSSR count). The van der Waals surface area contributed by atoms with E-state index in [1.807, 2.05) is 11.9 Å². The summed E-state index contributed by atoms with van der Waals surface area (Å²) in [7, 11) is 1.89. The molecule has 0 radical (unpaired) electrons. The summed E-state index contributed by atoms with van der Waals surface area (Å²) < 4.78 is 0. The standard InChI is InChI=1S/C12H21NO/c1-5-6-7-10-8-12(2,3)9-11(14)13(10)4/h8H,5-7,9H2,1-4H3. The van der Waals surface area contributed by atoms with E-state index < -0.39 is 0 Å². The van der Waals surface area contributed by atoms with Crippen molar-refractivity contribution in [3.8, 4) is 0 Å². The van der Waals surface area contributed by atoms with Gasteiger partial charge in [-0.1, -0.05) is 33.3 Å². The molecule has 14 heavy (non-hydrogen) atoms. The molecule has 1 heterocycles. The quantitative estimate of drug-likeness (QED) is 0.678. The predicted molar refractivity (Wildman–Crippen MR) is 58.8 cm³/mol. The third-order valence-corrected chi connectivity index (χ3v) is 2.76. The van der Waals surface area contributed by atoms with Crippen molar-refractivity contribution < 1.29 is 4.79 Å². The van der Waals surface area contributed by atoms with E-state index in [1.54, 1.807) is 0 Å². The summed E-state index contributed by atoms with van der Waals surface area (Å²) in [5.74, 6) is 0.253. The molecule has 0 bridgehead atoms. The molecule has 0 spiro atoms. The third kappa shape index (κ3) is 2.60. The Balaban J connectivity index is 2.78. The first-order chi connectivity index (χ1) is 6.46. The van der Waals surface area contributed by atoms with Crippen LogP contribution in [0.25, 0.3) is 0 Å². The minimum Gasteiger partial charge on any atom is -0.320 e. The van der Waals surface area contributed by atoms with Crippen molar-refractivity contribution in [2.75, 3.05) is 7.05 Å². The summed E-state index contributed by atoms with van der Waals surface area (Å²) in [5.41, 5.74) is 1.25. The minimum atomic E-state index is 0.0483. The van der Waals surface area contributed by atoms with Crippen LogP contribution in [0.1, 0.15) is 46.5 Å². The molecule has 2 nitrogen and oxygen atoms in total. The Hall–Kier alpha value is -0.790. The lowest BCUT2D eigenvalue weighted by Gasteiger charge is -2.33. The van der Waals surface area contributed by atoms with Gasteiger partial charge in [0, 0.05) is 19.2 Å². The average molecular weight is 195 g/mol. The van der Waals surface area contributed by atoms with Gasteiger partial charge in [-0.25, -0.2) is 0 Å². The highest BCUT2D eigenvalue weighted by Crippen LogP contribution is 2.32. The SMILES string of the molecule is CCCCC1=CC(C)(C)CC(=O)N1C. The van der Waals surface area contributed by atoms with Crippen LogP contribution in [0.5, 0.6) is 0 Å². The molecule has 0 aromatic heterocycles. The third-order valence-electron chi connectivity index (χ3n) is 2.76. The zero-order valence-corrected chi connectivity index (χ0v) is 9.76. The van der Waals surface area contributed by atoms with Crippen molar-refractivity contribution >= 4 is 5.91 Å².